The van der Waals surface area contributed by atoms with Crippen LogP contribution in [-0.2, 0) is 12.6 Å². The van der Waals surface area contributed by atoms with Gasteiger partial charge in [0.2, 0.25) is 0 Å². The van der Waals surface area contributed by atoms with Crippen molar-refractivity contribution in [1.29, 1.82) is 0 Å². The molecule has 2 aromatic heterocycles. The number of nitrogens with two attached hydrogens (primary N) is 1. The molecule has 0 spiro atoms. The molecule has 0 aliphatic heterocycles. The van der Waals surface area contributed by atoms with Gasteiger partial charge in [-0.05, 0) is 29.1 Å². The number of aromatic nitrogens is 1. The molecule has 0 unspecified atom stereocenters. The zero-order valence-corrected chi connectivity index (χ0v) is 15.8. The molecule has 0 atom stereocenters. The molecule has 2 heterocycles. The molecule has 0 fully saturated rings. The monoisotopic (exact) mass is 412 g/mol. The van der Waals surface area contributed by atoms with Crippen molar-refractivity contribution in [2.45, 2.75) is 12.6 Å². The van der Waals surface area contributed by atoms with Crippen LogP contribution in [0.15, 0.2) is 66.9 Å². The van der Waals surface area contributed by atoms with Crippen LogP contribution in [0.2, 0.25) is 0 Å². The van der Waals surface area contributed by atoms with Gasteiger partial charge in [-0.3, -0.25) is 9.78 Å². The fraction of sp³-hybridized carbons (Fsp3) is 0.0909. The Labute approximate surface area is 168 Å². The number of pyridine rings is 1. The second-order valence-corrected chi connectivity index (χ2v) is 7.74. The van der Waals surface area contributed by atoms with Crippen molar-refractivity contribution in [3.05, 3.63) is 88.6 Å². The van der Waals surface area contributed by atoms with E-state index in [2.05, 4.69) is 4.98 Å². The predicted molar refractivity (Wildman–Crippen MR) is 108 cm³/mol. The average molecular weight is 412 g/mol. The zero-order valence-electron chi connectivity index (χ0n) is 15.0. The number of rotatable bonds is 4. The van der Waals surface area contributed by atoms with Gasteiger partial charge in [-0.15, -0.1) is 11.3 Å². The minimum atomic E-state index is -4.35. The highest BCUT2D eigenvalue weighted by molar-refractivity contribution is 7.19. The minimum absolute atomic E-state index is 0.192. The van der Waals surface area contributed by atoms with E-state index in [-0.39, 0.29) is 5.69 Å². The van der Waals surface area contributed by atoms with E-state index in [1.807, 2.05) is 24.3 Å². The molecule has 0 saturated heterocycles. The number of carbonyl (C=O) groups is 1. The third kappa shape index (κ3) is 4.00. The SMILES string of the molecule is NC(=O)c1ccc(-c2cccc3cc(Cc4cccc(C(F)(F)F)c4)sc23)cn1. The number of fused-ring (bicyclic) bond motifs is 1. The molecule has 0 radical (unpaired) electrons. The summed E-state index contributed by atoms with van der Waals surface area (Å²) >= 11 is 1.54. The maximum atomic E-state index is 13.0. The van der Waals surface area contributed by atoms with Crippen molar-refractivity contribution in [2.24, 2.45) is 5.73 Å². The molecule has 0 aliphatic rings. The summed E-state index contributed by atoms with van der Waals surface area (Å²) in [4.78, 5) is 16.3. The highest BCUT2D eigenvalue weighted by Gasteiger charge is 2.30. The number of benzene rings is 2. The van der Waals surface area contributed by atoms with Crippen molar-refractivity contribution >= 4 is 27.3 Å². The van der Waals surface area contributed by atoms with Crippen LogP contribution in [0.3, 0.4) is 0 Å². The molecule has 7 heteroatoms. The second kappa shape index (κ2) is 7.33. The number of hydrogen-bond acceptors (Lipinski definition) is 3. The quantitative estimate of drug-likeness (QED) is 0.469. The number of halogens is 3. The van der Waals surface area contributed by atoms with E-state index < -0.39 is 17.6 Å². The van der Waals surface area contributed by atoms with E-state index in [9.17, 15) is 18.0 Å². The summed E-state index contributed by atoms with van der Waals surface area (Å²) in [5.74, 6) is -0.589. The van der Waals surface area contributed by atoms with E-state index in [4.69, 9.17) is 5.73 Å². The van der Waals surface area contributed by atoms with Crippen LogP contribution in [0.4, 0.5) is 13.2 Å². The Morgan fingerprint density at radius 2 is 1.83 bits per heavy atom. The molecule has 1 amide bonds. The number of alkyl halides is 3. The topological polar surface area (TPSA) is 56.0 Å². The second-order valence-electron chi connectivity index (χ2n) is 6.61. The Balaban J connectivity index is 1.69. The third-order valence-corrected chi connectivity index (χ3v) is 5.74. The molecule has 2 N–H and O–H groups in total. The van der Waals surface area contributed by atoms with Gasteiger partial charge in [-0.25, -0.2) is 0 Å². The average Bonchev–Trinajstić information content (AvgIpc) is 3.10. The molecular formula is C22H15F3N2OS. The van der Waals surface area contributed by atoms with Gasteiger partial charge in [-0.1, -0.05) is 42.5 Å². The zero-order chi connectivity index (χ0) is 20.6. The molecule has 2 aromatic carbocycles. The van der Waals surface area contributed by atoms with Gasteiger partial charge < -0.3 is 5.73 Å². The Morgan fingerprint density at radius 3 is 2.52 bits per heavy atom. The summed E-state index contributed by atoms with van der Waals surface area (Å²) in [6.07, 6.45) is -2.34. The summed E-state index contributed by atoms with van der Waals surface area (Å²) in [6.45, 7) is 0. The van der Waals surface area contributed by atoms with Crippen LogP contribution < -0.4 is 5.73 Å². The molecule has 4 aromatic rings. The van der Waals surface area contributed by atoms with Crippen molar-refractivity contribution in [2.75, 3.05) is 0 Å². The maximum absolute atomic E-state index is 13.0. The highest BCUT2D eigenvalue weighted by Crippen LogP contribution is 2.36. The maximum Gasteiger partial charge on any atom is 0.416 e. The molecule has 29 heavy (non-hydrogen) atoms. The summed E-state index contributed by atoms with van der Waals surface area (Å²) in [6, 6.07) is 16.6. The first-order valence-electron chi connectivity index (χ1n) is 8.75. The Hall–Kier alpha value is -3.19. The van der Waals surface area contributed by atoms with Crippen molar-refractivity contribution in [3.8, 4) is 11.1 Å². The number of nitrogens with zero attached hydrogens (tertiary/aromatic N) is 1. The lowest BCUT2D eigenvalue weighted by Gasteiger charge is -2.08. The first kappa shape index (κ1) is 19.1. The summed E-state index contributed by atoms with van der Waals surface area (Å²) < 4.78 is 39.9. The lowest BCUT2D eigenvalue weighted by Crippen LogP contribution is -2.12. The number of thiophene rings is 1. The minimum Gasteiger partial charge on any atom is -0.364 e. The van der Waals surface area contributed by atoms with E-state index in [1.165, 1.54) is 23.5 Å². The molecule has 0 aliphatic carbocycles. The van der Waals surface area contributed by atoms with E-state index in [1.54, 1.807) is 24.4 Å². The van der Waals surface area contributed by atoms with Crippen LogP contribution in [-0.4, -0.2) is 10.9 Å². The molecule has 4 rings (SSSR count). The molecule has 0 bridgehead atoms. The number of carbonyl (C=O) groups excluding carboxylic acids is 1. The van der Waals surface area contributed by atoms with Gasteiger partial charge >= 0.3 is 6.18 Å². The smallest absolute Gasteiger partial charge is 0.364 e. The molecule has 3 nitrogen and oxygen atoms in total. The Morgan fingerprint density at radius 1 is 1.03 bits per heavy atom. The van der Waals surface area contributed by atoms with Gasteiger partial charge in [0.15, 0.2) is 0 Å². The number of hydrogen-bond donors (Lipinski definition) is 1. The van der Waals surface area contributed by atoms with Crippen molar-refractivity contribution < 1.29 is 18.0 Å². The van der Waals surface area contributed by atoms with E-state index in [0.29, 0.717) is 12.0 Å². The first-order chi connectivity index (χ1) is 13.8. The van der Waals surface area contributed by atoms with Gasteiger partial charge in [0, 0.05) is 33.3 Å². The van der Waals surface area contributed by atoms with Gasteiger partial charge in [0.1, 0.15) is 5.69 Å². The van der Waals surface area contributed by atoms with Crippen molar-refractivity contribution in [1.82, 2.24) is 4.98 Å². The molecular weight excluding hydrogens is 397 g/mol. The Kier molecular flexibility index (Phi) is 4.84. The summed E-state index contributed by atoms with van der Waals surface area (Å²) in [5, 5.41) is 1.01. The van der Waals surface area contributed by atoms with Crippen molar-refractivity contribution in [3.63, 3.8) is 0 Å². The van der Waals surface area contributed by atoms with E-state index >= 15 is 0 Å². The summed E-state index contributed by atoms with van der Waals surface area (Å²) in [5.41, 5.74) is 7.19. The fourth-order valence-electron chi connectivity index (χ4n) is 3.19. The number of amides is 1. The van der Waals surface area contributed by atoms with Gasteiger partial charge in [0.25, 0.3) is 5.91 Å². The summed E-state index contributed by atoms with van der Waals surface area (Å²) in [7, 11) is 0. The third-order valence-electron chi connectivity index (χ3n) is 4.55. The van der Waals surface area contributed by atoms with Gasteiger partial charge in [-0.2, -0.15) is 13.2 Å². The lowest BCUT2D eigenvalue weighted by molar-refractivity contribution is -0.137. The fourth-order valence-corrected chi connectivity index (χ4v) is 4.42. The van der Waals surface area contributed by atoms with Crippen LogP contribution in [0.1, 0.15) is 26.5 Å². The first-order valence-corrected chi connectivity index (χ1v) is 9.57. The normalized spacial score (nSPS) is 11.7. The Bertz CT molecular complexity index is 1200. The van der Waals surface area contributed by atoms with Gasteiger partial charge in [0.05, 0.1) is 5.56 Å². The van der Waals surface area contributed by atoms with Crippen LogP contribution >= 0.6 is 11.3 Å². The standard InChI is InChI=1S/C22H15F3N2OS/c23-22(24,25)16-5-1-3-13(9-16)10-17-11-14-4-2-6-18(20(14)29-17)15-7-8-19(21(26)28)27-12-15/h1-9,11-12H,10H2,(H2,26,28). The molecule has 146 valence electrons. The predicted octanol–water partition coefficient (Wildman–Crippen LogP) is 5.67. The van der Waals surface area contributed by atoms with Crippen LogP contribution in [0.5, 0.6) is 0 Å². The lowest BCUT2D eigenvalue weighted by atomic mass is 10.0. The van der Waals surface area contributed by atoms with Crippen LogP contribution in [0.25, 0.3) is 21.2 Å². The van der Waals surface area contributed by atoms with Crippen LogP contribution in [0, 0.1) is 0 Å². The highest BCUT2D eigenvalue weighted by atomic mass is 32.1. The largest absolute Gasteiger partial charge is 0.416 e. The molecule has 0 saturated carbocycles. The van der Waals surface area contributed by atoms with E-state index in [0.717, 1.165) is 32.2 Å². The number of primary amides is 1.